The summed E-state index contributed by atoms with van der Waals surface area (Å²) < 4.78 is 21.0. The molecular weight excluding hydrogens is 487 g/mol. The number of hydrogen-bond acceptors (Lipinski definition) is 8. The van der Waals surface area contributed by atoms with Crippen LogP contribution >= 0.6 is 0 Å². The van der Waals surface area contributed by atoms with Gasteiger partial charge >= 0.3 is 0 Å². The third kappa shape index (κ3) is 4.42. The number of fused-ring (bicyclic) bond motifs is 1. The number of hydrogen-bond donors (Lipinski definition) is 1. The van der Waals surface area contributed by atoms with Crippen molar-refractivity contribution in [2.75, 3.05) is 6.61 Å². The van der Waals surface area contributed by atoms with Crippen molar-refractivity contribution in [1.29, 1.82) is 0 Å². The number of nitrogens with zero attached hydrogens (tertiary/aromatic N) is 7. The summed E-state index contributed by atoms with van der Waals surface area (Å²) in [5.74, 6) is 1.41. The van der Waals surface area contributed by atoms with Crippen molar-refractivity contribution in [3.8, 4) is 23.0 Å². The molecule has 0 saturated heterocycles. The Kier molecular flexibility index (Phi) is 6.16. The first-order valence-corrected chi connectivity index (χ1v) is 12.3. The molecule has 11 heteroatoms. The van der Waals surface area contributed by atoms with E-state index in [0.717, 1.165) is 17.7 Å². The third-order valence-electron chi connectivity index (χ3n) is 6.51. The number of carbonyl (C=O) groups is 1. The van der Waals surface area contributed by atoms with E-state index >= 15 is 0 Å². The highest BCUT2D eigenvalue weighted by Gasteiger charge is 2.36. The second-order valence-electron chi connectivity index (χ2n) is 8.95. The first kappa shape index (κ1) is 23.6. The van der Waals surface area contributed by atoms with Crippen molar-refractivity contribution < 1.29 is 13.9 Å². The monoisotopic (exact) mass is 510 g/mol. The van der Waals surface area contributed by atoms with Crippen LogP contribution in [0, 0.1) is 5.82 Å². The lowest BCUT2D eigenvalue weighted by atomic mass is 9.79. The Bertz CT molecular complexity index is 1600. The highest BCUT2D eigenvalue weighted by molar-refractivity contribution is 6.04. The van der Waals surface area contributed by atoms with Crippen LogP contribution in [0.4, 0.5) is 4.39 Å². The molecule has 0 aromatic carbocycles. The fraction of sp³-hybridized carbons (Fsp3) is 0.222. The van der Waals surface area contributed by atoms with E-state index in [1.165, 1.54) is 12.3 Å². The van der Waals surface area contributed by atoms with Crippen LogP contribution in [0.3, 0.4) is 0 Å². The number of amides is 1. The summed E-state index contributed by atoms with van der Waals surface area (Å²) in [5.41, 5.74) is 2.61. The smallest absolute Gasteiger partial charge is 0.253 e. The summed E-state index contributed by atoms with van der Waals surface area (Å²) in [5, 5.41) is 12.1. The zero-order valence-electron chi connectivity index (χ0n) is 20.5. The van der Waals surface area contributed by atoms with Gasteiger partial charge in [0.05, 0.1) is 35.8 Å². The molecule has 0 unspecified atom stereocenters. The van der Waals surface area contributed by atoms with Crippen molar-refractivity contribution in [2.45, 2.75) is 31.7 Å². The van der Waals surface area contributed by atoms with E-state index in [1.54, 1.807) is 24.7 Å². The molecule has 0 aliphatic heterocycles. The Morgan fingerprint density at radius 2 is 1.89 bits per heavy atom. The molecule has 6 rings (SSSR count). The Hall–Kier alpha value is -4.80. The van der Waals surface area contributed by atoms with E-state index in [-0.39, 0.29) is 17.9 Å². The first-order valence-electron chi connectivity index (χ1n) is 12.3. The van der Waals surface area contributed by atoms with Gasteiger partial charge in [-0.2, -0.15) is 0 Å². The Balaban J connectivity index is 1.23. The Morgan fingerprint density at radius 1 is 1.05 bits per heavy atom. The Morgan fingerprint density at radius 3 is 2.66 bits per heavy atom. The van der Waals surface area contributed by atoms with E-state index in [2.05, 4.69) is 35.5 Å². The SMILES string of the molecule is CCOc1ccc(-c2nnc([C@H]3C[C@H](NC(=O)c4ccnc5cc(F)cnc45)C3)n2-c2ccncc2)nc1. The Labute approximate surface area is 217 Å². The normalized spacial score (nSPS) is 16.7. The number of rotatable bonds is 7. The van der Waals surface area contributed by atoms with E-state index in [9.17, 15) is 9.18 Å². The molecule has 1 N–H and O–H groups in total. The van der Waals surface area contributed by atoms with Crippen LogP contribution in [0.25, 0.3) is 28.2 Å². The zero-order chi connectivity index (χ0) is 26.1. The first-order chi connectivity index (χ1) is 18.6. The minimum absolute atomic E-state index is 0.0502. The average molecular weight is 511 g/mol. The van der Waals surface area contributed by atoms with Crippen LogP contribution in [-0.4, -0.2) is 53.3 Å². The van der Waals surface area contributed by atoms with Gasteiger partial charge in [0.1, 0.15) is 28.6 Å². The van der Waals surface area contributed by atoms with Gasteiger partial charge in [-0.15, -0.1) is 10.2 Å². The summed E-state index contributed by atoms with van der Waals surface area (Å²) in [6, 6.07) is 10.3. The van der Waals surface area contributed by atoms with E-state index in [4.69, 9.17) is 4.74 Å². The standard InChI is InChI=1S/C27H23FN8O2/c1-2-38-20-3-4-22(31-15-20)26-35-34-25(36(26)19-5-8-29-9-6-19)16-11-18(12-16)33-27(37)21-7-10-30-23-13-17(28)14-32-24(21)23/h3-10,13-16,18H,2,11-12H2,1H3,(H,33,37)/t16-,18-. The lowest BCUT2D eigenvalue weighted by molar-refractivity contribution is 0.0908. The van der Waals surface area contributed by atoms with E-state index < -0.39 is 5.82 Å². The number of nitrogens with one attached hydrogen (secondary N) is 1. The molecule has 1 amide bonds. The lowest BCUT2D eigenvalue weighted by Gasteiger charge is -2.35. The largest absolute Gasteiger partial charge is 0.492 e. The van der Waals surface area contributed by atoms with Crippen LogP contribution in [0.15, 0.2) is 67.4 Å². The summed E-state index contributed by atoms with van der Waals surface area (Å²) in [7, 11) is 0. The van der Waals surface area contributed by atoms with Crippen LogP contribution in [0.1, 0.15) is 41.9 Å². The quantitative estimate of drug-likeness (QED) is 0.350. The molecule has 190 valence electrons. The van der Waals surface area contributed by atoms with Crippen LogP contribution in [-0.2, 0) is 0 Å². The molecule has 1 aliphatic rings. The maximum Gasteiger partial charge on any atom is 0.253 e. The summed E-state index contributed by atoms with van der Waals surface area (Å²) >= 11 is 0. The van der Waals surface area contributed by atoms with E-state index in [1.807, 2.05) is 35.8 Å². The molecule has 10 nitrogen and oxygen atoms in total. The fourth-order valence-corrected chi connectivity index (χ4v) is 4.64. The van der Waals surface area contributed by atoms with Crippen LogP contribution in [0.5, 0.6) is 5.75 Å². The number of aromatic nitrogens is 7. The van der Waals surface area contributed by atoms with Crippen molar-refractivity contribution in [3.63, 3.8) is 0 Å². The number of ether oxygens (including phenoxy) is 1. The van der Waals surface area contributed by atoms with Gasteiger partial charge in [0, 0.05) is 36.6 Å². The number of pyridine rings is 4. The molecule has 0 radical (unpaired) electrons. The van der Waals surface area contributed by atoms with Gasteiger partial charge in [0.15, 0.2) is 5.82 Å². The van der Waals surface area contributed by atoms with Gasteiger partial charge in [-0.05, 0) is 50.1 Å². The summed E-state index contributed by atoms with van der Waals surface area (Å²) in [6.07, 6.45) is 9.06. The van der Waals surface area contributed by atoms with Crippen LogP contribution < -0.4 is 10.1 Å². The van der Waals surface area contributed by atoms with Crippen molar-refractivity contribution >= 4 is 16.9 Å². The molecule has 1 aliphatic carbocycles. The van der Waals surface area contributed by atoms with Crippen molar-refractivity contribution in [3.05, 3.63) is 84.6 Å². The molecule has 0 spiro atoms. The van der Waals surface area contributed by atoms with Gasteiger partial charge in [-0.3, -0.25) is 24.3 Å². The fourth-order valence-electron chi connectivity index (χ4n) is 4.64. The maximum absolute atomic E-state index is 13.5. The number of halogens is 1. The topological polar surface area (TPSA) is 121 Å². The minimum Gasteiger partial charge on any atom is -0.492 e. The van der Waals surface area contributed by atoms with Gasteiger partial charge in [-0.25, -0.2) is 9.37 Å². The predicted molar refractivity (Wildman–Crippen MR) is 136 cm³/mol. The predicted octanol–water partition coefficient (Wildman–Crippen LogP) is 3.88. The molecule has 38 heavy (non-hydrogen) atoms. The molecule has 1 fully saturated rings. The van der Waals surface area contributed by atoms with Crippen LogP contribution in [0.2, 0.25) is 0 Å². The molecule has 0 bridgehead atoms. The maximum atomic E-state index is 13.5. The summed E-state index contributed by atoms with van der Waals surface area (Å²) in [4.78, 5) is 29.9. The molecule has 1 saturated carbocycles. The van der Waals surface area contributed by atoms with Gasteiger partial charge < -0.3 is 10.1 Å². The van der Waals surface area contributed by atoms with Gasteiger partial charge in [0.25, 0.3) is 5.91 Å². The van der Waals surface area contributed by atoms with Gasteiger partial charge in [0.2, 0.25) is 0 Å². The van der Waals surface area contributed by atoms with Gasteiger partial charge in [-0.1, -0.05) is 0 Å². The second kappa shape index (κ2) is 9.92. The second-order valence-corrected chi connectivity index (χ2v) is 8.95. The lowest BCUT2D eigenvalue weighted by Crippen LogP contribution is -2.44. The number of carbonyl (C=O) groups excluding carboxylic acids is 1. The average Bonchev–Trinajstić information content (AvgIpc) is 3.35. The molecular formula is C27H23FN8O2. The molecule has 5 aromatic rings. The summed E-state index contributed by atoms with van der Waals surface area (Å²) in [6.45, 7) is 2.48. The zero-order valence-corrected chi connectivity index (χ0v) is 20.5. The van der Waals surface area contributed by atoms with Crippen molar-refractivity contribution in [1.82, 2.24) is 40.0 Å². The molecule has 5 aromatic heterocycles. The minimum atomic E-state index is -0.498. The third-order valence-corrected chi connectivity index (χ3v) is 6.51. The molecule has 0 atom stereocenters. The van der Waals surface area contributed by atoms with Crippen molar-refractivity contribution in [2.24, 2.45) is 0 Å². The highest BCUT2D eigenvalue weighted by atomic mass is 19.1. The van der Waals surface area contributed by atoms with E-state index in [0.29, 0.717) is 53.3 Å². The molecule has 5 heterocycles. The highest BCUT2D eigenvalue weighted by Crippen LogP contribution is 2.38.